The largest absolute Gasteiger partial charge is 0.386 e. The second-order valence-corrected chi connectivity index (χ2v) is 4.14. The van der Waals surface area contributed by atoms with Crippen LogP contribution >= 0.6 is 0 Å². The van der Waals surface area contributed by atoms with Gasteiger partial charge in [-0.15, -0.1) is 0 Å². The maximum Gasteiger partial charge on any atom is 0.147 e. The van der Waals surface area contributed by atoms with Crippen molar-refractivity contribution < 1.29 is 5.11 Å². The molecule has 18 heavy (non-hydrogen) atoms. The van der Waals surface area contributed by atoms with E-state index in [4.69, 9.17) is 5.26 Å². The van der Waals surface area contributed by atoms with Crippen molar-refractivity contribution >= 4 is 0 Å². The molecule has 5 nitrogen and oxygen atoms in total. The van der Waals surface area contributed by atoms with E-state index >= 15 is 0 Å². The summed E-state index contributed by atoms with van der Waals surface area (Å²) in [5.74, 6) is 1.47. The molecule has 0 aliphatic rings. The molecule has 1 aromatic carbocycles. The lowest BCUT2D eigenvalue weighted by Gasteiger charge is -2.11. The number of nitriles is 1. The fraction of sp³-hybridized carbons (Fsp3) is 0.308. The quantitative estimate of drug-likeness (QED) is 0.885. The lowest BCUT2D eigenvalue weighted by atomic mass is 10.1. The maximum absolute atomic E-state index is 10.1. The van der Waals surface area contributed by atoms with Crippen molar-refractivity contribution in [3.05, 3.63) is 47.0 Å². The van der Waals surface area contributed by atoms with E-state index in [0.717, 1.165) is 11.4 Å². The molecule has 0 fully saturated rings. The smallest absolute Gasteiger partial charge is 0.147 e. The van der Waals surface area contributed by atoms with E-state index in [1.54, 1.807) is 28.9 Å². The standard InChI is InChI=1S/C13H14N4O/c1-9-15-10(2)17(16-9)8-13(18)12-5-3-11(7-14)4-6-12/h3-6,13,18H,8H2,1-2H3. The zero-order valence-electron chi connectivity index (χ0n) is 10.3. The highest BCUT2D eigenvalue weighted by molar-refractivity contribution is 5.32. The van der Waals surface area contributed by atoms with Crippen LogP contribution < -0.4 is 0 Å². The summed E-state index contributed by atoms with van der Waals surface area (Å²) in [6, 6.07) is 8.94. The fourth-order valence-corrected chi connectivity index (χ4v) is 1.78. The van der Waals surface area contributed by atoms with Gasteiger partial charge in [0.25, 0.3) is 0 Å². The van der Waals surface area contributed by atoms with E-state index in [2.05, 4.69) is 10.1 Å². The summed E-state index contributed by atoms with van der Waals surface area (Å²) in [5.41, 5.74) is 1.35. The number of aliphatic hydroxyl groups is 1. The van der Waals surface area contributed by atoms with E-state index in [1.165, 1.54) is 0 Å². The molecule has 0 saturated heterocycles. The molecule has 2 rings (SSSR count). The minimum atomic E-state index is -0.655. The van der Waals surface area contributed by atoms with Gasteiger partial charge < -0.3 is 5.11 Å². The number of aliphatic hydroxyl groups excluding tert-OH is 1. The fourth-order valence-electron chi connectivity index (χ4n) is 1.78. The summed E-state index contributed by atoms with van der Waals surface area (Å²) in [6.45, 7) is 4.03. The van der Waals surface area contributed by atoms with Crippen molar-refractivity contribution in [2.24, 2.45) is 0 Å². The van der Waals surface area contributed by atoms with Crippen LogP contribution in [0.25, 0.3) is 0 Å². The molecule has 0 saturated carbocycles. The summed E-state index contributed by atoms with van der Waals surface area (Å²) < 4.78 is 1.68. The predicted molar refractivity (Wildman–Crippen MR) is 65.6 cm³/mol. The van der Waals surface area contributed by atoms with Gasteiger partial charge in [-0.25, -0.2) is 9.67 Å². The van der Waals surface area contributed by atoms with Gasteiger partial charge in [0, 0.05) is 0 Å². The summed E-state index contributed by atoms with van der Waals surface area (Å²) in [6.07, 6.45) is -0.655. The average Bonchev–Trinajstić information content (AvgIpc) is 2.68. The van der Waals surface area contributed by atoms with Crippen molar-refractivity contribution in [1.82, 2.24) is 14.8 Å². The molecular formula is C13H14N4O. The Balaban J connectivity index is 2.14. The third-order valence-corrected chi connectivity index (χ3v) is 2.73. The molecular weight excluding hydrogens is 228 g/mol. The number of aromatic nitrogens is 3. The molecule has 92 valence electrons. The molecule has 0 aliphatic heterocycles. The Morgan fingerprint density at radius 1 is 1.33 bits per heavy atom. The molecule has 0 radical (unpaired) electrons. The number of hydrogen-bond donors (Lipinski definition) is 1. The Morgan fingerprint density at radius 2 is 2.00 bits per heavy atom. The minimum absolute atomic E-state index is 0.360. The average molecular weight is 242 g/mol. The highest BCUT2D eigenvalue weighted by Crippen LogP contribution is 2.16. The van der Waals surface area contributed by atoms with E-state index in [-0.39, 0.29) is 0 Å². The monoisotopic (exact) mass is 242 g/mol. The Kier molecular flexibility index (Phi) is 3.40. The predicted octanol–water partition coefficient (Wildman–Crippen LogP) is 1.50. The van der Waals surface area contributed by atoms with Crippen LogP contribution in [0.1, 0.15) is 28.9 Å². The Morgan fingerprint density at radius 3 is 2.50 bits per heavy atom. The van der Waals surface area contributed by atoms with Gasteiger partial charge in [-0.3, -0.25) is 0 Å². The van der Waals surface area contributed by atoms with Gasteiger partial charge in [-0.2, -0.15) is 10.4 Å². The van der Waals surface area contributed by atoms with E-state index < -0.39 is 6.10 Å². The number of aryl methyl sites for hydroxylation is 2. The molecule has 1 aromatic heterocycles. The highest BCUT2D eigenvalue weighted by Gasteiger charge is 2.11. The first-order valence-corrected chi connectivity index (χ1v) is 5.66. The molecule has 5 heteroatoms. The van der Waals surface area contributed by atoms with Crippen molar-refractivity contribution in [2.75, 3.05) is 0 Å². The SMILES string of the molecule is Cc1nc(C)n(CC(O)c2ccc(C#N)cc2)n1. The minimum Gasteiger partial charge on any atom is -0.386 e. The summed E-state index contributed by atoms with van der Waals surface area (Å²) >= 11 is 0. The lowest BCUT2D eigenvalue weighted by molar-refractivity contribution is 0.150. The zero-order chi connectivity index (χ0) is 13.1. The Hall–Kier alpha value is -2.19. The summed E-state index contributed by atoms with van der Waals surface area (Å²) in [4.78, 5) is 4.18. The first-order chi connectivity index (χ1) is 8.60. The number of benzene rings is 1. The van der Waals surface area contributed by atoms with Gasteiger partial charge in [-0.05, 0) is 31.5 Å². The van der Waals surface area contributed by atoms with Crippen LogP contribution in [0.2, 0.25) is 0 Å². The van der Waals surface area contributed by atoms with Crippen LogP contribution in [0.5, 0.6) is 0 Å². The molecule has 1 N–H and O–H groups in total. The van der Waals surface area contributed by atoms with Crippen LogP contribution in [-0.2, 0) is 6.54 Å². The van der Waals surface area contributed by atoms with Crippen LogP contribution in [0, 0.1) is 25.2 Å². The van der Waals surface area contributed by atoms with Crippen molar-refractivity contribution in [3.8, 4) is 6.07 Å². The molecule has 0 spiro atoms. The summed E-state index contributed by atoms with van der Waals surface area (Å²) in [7, 11) is 0. The van der Waals surface area contributed by atoms with Gasteiger partial charge >= 0.3 is 0 Å². The maximum atomic E-state index is 10.1. The van der Waals surface area contributed by atoms with Crippen LogP contribution in [0.4, 0.5) is 0 Å². The van der Waals surface area contributed by atoms with Gasteiger partial charge in [0.15, 0.2) is 0 Å². The van der Waals surface area contributed by atoms with Crippen molar-refractivity contribution in [3.63, 3.8) is 0 Å². The van der Waals surface area contributed by atoms with E-state index in [0.29, 0.717) is 17.9 Å². The zero-order valence-corrected chi connectivity index (χ0v) is 10.3. The van der Waals surface area contributed by atoms with Gasteiger partial charge in [0.1, 0.15) is 11.6 Å². The van der Waals surface area contributed by atoms with Crippen LogP contribution in [-0.4, -0.2) is 19.9 Å². The molecule has 0 amide bonds. The second-order valence-electron chi connectivity index (χ2n) is 4.14. The highest BCUT2D eigenvalue weighted by atomic mass is 16.3. The van der Waals surface area contributed by atoms with E-state index in [1.807, 2.05) is 19.9 Å². The van der Waals surface area contributed by atoms with Crippen LogP contribution in [0.3, 0.4) is 0 Å². The molecule has 0 aliphatic carbocycles. The summed E-state index contributed by atoms with van der Waals surface area (Å²) in [5, 5.41) is 23.0. The first-order valence-electron chi connectivity index (χ1n) is 5.66. The topological polar surface area (TPSA) is 74.7 Å². The first kappa shape index (κ1) is 12.3. The normalized spacial score (nSPS) is 12.1. The Labute approximate surface area is 105 Å². The number of rotatable bonds is 3. The van der Waals surface area contributed by atoms with E-state index in [9.17, 15) is 5.11 Å². The molecule has 2 aromatic rings. The molecule has 1 unspecified atom stereocenters. The lowest BCUT2D eigenvalue weighted by Crippen LogP contribution is -2.11. The van der Waals surface area contributed by atoms with Gasteiger partial charge in [0.05, 0.1) is 24.3 Å². The van der Waals surface area contributed by atoms with Gasteiger partial charge in [-0.1, -0.05) is 12.1 Å². The third kappa shape index (κ3) is 2.55. The van der Waals surface area contributed by atoms with Crippen molar-refractivity contribution in [1.29, 1.82) is 5.26 Å². The molecule has 1 heterocycles. The van der Waals surface area contributed by atoms with Crippen LogP contribution in [0.15, 0.2) is 24.3 Å². The number of nitrogens with zero attached hydrogens (tertiary/aromatic N) is 4. The Bertz CT molecular complexity index is 580. The molecule has 1 atom stereocenters. The third-order valence-electron chi connectivity index (χ3n) is 2.73. The second kappa shape index (κ2) is 4.98. The van der Waals surface area contributed by atoms with Crippen molar-refractivity contribution in [2.45, 2.75) is 26.5 Å². The molecule has 0 bridgehead atoms. The number of hydrogen-bond acceptors (Lipinski definition) is 4. The van der Waals surface area contributed by atoms with Gasteiger partial charge in [0.2, 0.25) is 0 Å².